The van der Waals surface area contributed by atoms with E-state index in [4.69, 9.17) is 9.47 Å². The number of para-hydroxylation sites is 1. The Bertz CT molecular complexity index is 505. The van der Waals surface area contributed by atoms with Gasteiger partial charge in [0.2, 0.25) is 5.91 Å². The molecule has 1 aliphatic rings. The van der Waals surface area contributed by atoms with Crippen molar-refractivity contribution in [2.45, 2.75) is 57.1 Å². The minimum Gasteiger partial charge on any atom is -0.496 e. The largest absolute Gasteiger partial charge is 0.496 e. The topological polar surface area (TPSA) is 47.6 Å². The van der Waals surface area contributed by atoms with Crippen LogP contribution in [-0.2, 0) is 9.53 Å². The third-order valence-electron chi connectivity index (χ3n) is 4.93. The van der Waals surface area contributed by atoms with Gasteiger partial charge in [-0.15, -0.1) is 0 Å². The van der Waals surface area contributed by atoms with E-state index >= 15 is 0 Å². The van der Waals surface area contributed by atoms with E-state index in [1.54, 1.807) is 14.2 Å². The van der Waals surface area contributed by atoms with Crippen LogP contribution in [0, 0.1) is 0 Å². The maximum atomic E-state index is 12.3. The van der Waals surface area contributed by atoms with Crippen LogP contribution in [0.5, 0.6) is 5.75 Å². The summed E-state index contributed by atoms with van der Waals surface area (Å²) in [6.07, 6.45) is 3.66. The van der Waals surface area contributed by atoms with Gasteiger partial charge in [-0.05, 0) is 43.7 Å². The van der Waals surface area contributed by atoms with Crippen molar-refractivity contribution < 1.29 is 14.3 Å². The van der Waals surface area contributed by atoms with E-state index < -0.39 is 0 Å². The summed E-state index contributed by atoms with van der Waals surface area (Å²) in [5.74, 6) is 1.01. The lowest BCUT2D eigenvalue weighted by molar-refractivity contribution is -0.130. The molecule has 1 fully saturated rings. The molecule has 0 saturated heterocycles. The lowest BCUT2D eigenvalue weighted by atomic mass is 9.75. The Hall–Kier alpha value is -1.55. The lowest BCUT2D eigenvalue weighted by Crippen LogP contribution is -2.56. The number of hydrogen-bond acceptors (Lipinski definition) is 3. The number of rotatable bonds is 7. The molecule has 0 aliphatic heterocycles. The molecule has 4 heteroatoms. The summed E-state index contributed by atoms with van der Waals surface area (Å²) in [4.78, 5) is 12.3. The van der Waals surface area contributed by atoms with E-state index in [2.05, 4.69) is 12.2 Å². The van der Waals surface area contributed by atoms with Crippen LogP contribution in [0.3, 0.4) is 0 Å². The number of ether oxygens (including phenoxy) is 2. The first-order valence-corrected chi connectivity index (χ1v) is 8.00. The molecule has 0 bridgehead atoms. The van der Waals surface area contributed by atoms with Gasteiger partial charge in [-0.25, -0.2) is 0 Å². The Balaban J connectivity index is 1.94. The summed E-state index contributed by atoms with van der Waals surface area (Å²) >= 11 is 0. The first kappa shape index (κ1) is 16.8. The normalized spacial score (nSPS) is 18.9. The fourth-order valence-corrected chi connectivity index (χ4v) is 3.23. The highest BCUT2D eigenvalue weighted by Gasteiger charge is 2.42. The minimum atomic E-state index is -0.163. The second-order valence-corrected chi connectivity index (χ2v) is 6.26. The van der Waals surface area contributed by atoms with Gasteiger partial charge < -0.3 is 14.8 Å². The quantitative estimate of drug-likeness (QED) is 0.841. The molecule has 122 valence electrons. The molecular weight excluding hydrogens is 278 g/mol. The van der Waals surface area contributed by atoms with Gasteiger partial charge >= 0.3 is 0 Å². The van der Waals surface area contributed by atoms with E-state index in [0.29, 0.717) is 6.42 Å². The van der Waals surface area contributed by atoms with E-state index in [0.717, 1.165) is 24.2 Å². The maximum absolute atomic E-state index is 12.3. The third-order valence-corrected chi connectivity index (χ3v) is 4.93. The Kier molecular flexibility index (Phi) is 5.46. The summed E-state index contributed by atoms with van der Waals surface area (Å²) in [7, 11) is 3.39. The van der Waals surface area contributed by atoms with Crippen LogP contribution in [0.25, 0.3) is 0 Å². The molecule has 2 rings (SSSR count). The van der Waals surface area contributed by atoms with Crippen molar-refractivity contribution in [1.29, 1.82) is 0 Å². The van der Waals surface area contributed by atoms with Crippen LogP contribution >= 0.6 is 0 Å². The molecule has 1 aromatic rings. The van der Waals surface area contributed by atoms with Crippen molar-refractivity contribution in [3.8, 4) is 5.75 Å². The van der Waals surface area contributed by atoms with Gasteiger partial charge in [0.15, 0.2) is 0 Å². The average molecular weight is 305 g/mol. The predicted molar refractivity (Wildman–Crippen MR) is 87.2 cm³/mol. The van der Waals surface area contributed by atoms with Crippen LogP contribution in [0.4, 0.5) is 0 Å². The highest BCUT2D eigenvalue weighted by Crippen LogP contribution is 2.38. The summed E-state index contributed by atoms with van der Waals surface area (Å²) in [5.41, 5.74) is 0.904. The van der Waals surface area contributed by atoms with E-state index in [1.165, 1.54) is 6.42 Å². The van der Waals surface area contributed by atoms with Crippen molar-refractivity contribution in [2.24, 2.45) is 0 Å². The lowest BCUT2D eigenvalue weighted by Gasteiger charge is -2.45. The second kappa shape index (κ2) is 7.14. The van der Waals surface area contributed by atoms with Crippen LogP contribution in [0.2, 0.25) is 0 Å². The average Bonchev–Trinajstić information content (AvgIpc) is 2.46. The van der Waals surface area contributed by atoms with Gasteiger partial charge in [0.25, 0.3) is 0 Å². The van der Waals surface area contributed by atoms with Gasteiger partial charge in [-0.1, -0.05) is 25.1 Å². The summed E-state index contributed by atoms with van der Waals surface area (Å²) in [5, 5.41) is 3.11. The molecule has 0 spiro atoms. The summed E-state index contributed by atoms with van der Waals surface area (Å²) < 4.78 is 11.0. The first-order chi connectivity index (χ1) is 10.5. The fourth-order valence-electron chi connectivity index (χ4n) is 3.23. The van der Waals surface area contributed by atoms with Gasteiger partial charge in [0, 0.05) is 13.5 Å². The molecule has 1 N–H and O–H groups in total. The highest BCUT2D eigenvalue weighted by molar-refractivity contribution is 5.77. The van der Waals surface area contributed by atoms with Crippen LogP contribution < -0.4 is 10.1 Å². The fraction of sp³-hybridized carbons (Fsp3) is 0.611. The predicted octanol–water partition coefficient (Wildman–Crippen LogP) is 3.26. The van der Waals surface area contributed by atoms with Crippen molar-refractivity contribution in [2.75, 3.05) is 14.2 Å². The molecule has 1 aliphatic carbocycles. The zero-order valence-electron chi connectivity index (χ0n) is 14.0. The van der Waals surface area contributed by atoms with Crippen LogP contribution in [0.1, 0.15) is 51.0 Å². The van der Waals surface area contributed by atoms with Crippen molar-refractivity contribution >= 4 is 5.91 Å². The van der Waals surface area contributed by atoms with E-state index in [9.17, 15) is 4.79 Å². The monoisotopic (exact) mass is 305 g/mol. The molecule has 22 heavy (non-hydrogen) atoms. The number of methoxy groups -OCH3 is 2. The minimum absolute atomic E-state index is 0.0450. The number of nitrogens with one attached hydrogen (secondary N) is 1. The summed E-state index contributed by atoms with van der Waals surface area (Å²) in [6.45, 7) is 4.09. The number of hydrogen-bond donors (Lipinski definition) is 1. The number of carbonyl (C=O) groups excluding carboxylic acids is 1. The SMILES string of the molecule is COc1ccccc1[C@H](C)CC(=O)N[C@H](C)C1(OC)CCC1. The van der Waals surface area contributed by atoms with E-state index in [-0.39, 0.29) is 23.5 Å². The molecule has 0 heterocycles. The highest BCUT2D eigenvalue weighted by atomic mass is 16.5. The number of benzene rings is 1. The van der Waals surface area contributed by atoms with E-state index in [1.807, 2.05) is 31.2 Å². The molecule has 0 aromatic heterocycles. The smallest absolute Gasteiger partial charge is 0.220 e. The standard InChI is InChI=1S/C18H27NO3/c1-13(15-8-5-6-9-16(15)21-3)12-17(20)19-14(2)18(22-4)10-7-11-18/h5-6,8-9,13-14H,7,10-12H2,1-4H3,(H,19,20)/t13-,14-/m1/s1. The Morgan fingerprint density at radius 1 is 1.27 bits per heavy atom. The molecule has 1 aromatic carbocycles. The zero-order chi connectivity index (χ0) is 16.2. The van der Waals surface area contributed by atoms with Crippen LogP contribution in [-0.4, -0.2) is 31.8 Å². The Labute approximate surface area is 133 Å². The van der Waals surface area contributed by atoms with Gasteiger partial charge in [0.05, 0.1) is 18.8 Å². The molecule has 0 unspecified atom stereocenters. The van der Waals surface area contributed by atoms with Gasteiger partial charge in [-0.3, -0.25) is 4.79 Å². The van der Waals surface area contributed by atoms with Gasteiger partial charge in [-0.2, -0.15) is 0 Å². The molecule has 1 amide bonds. The second-order valence-electron chi connectivity index (χ2n) is 6.26. The van der Waals surface area contributed by atoms with Crippen molar-refractivity contribution in [1.82, 2.24) is 5.32 Å². The molecule has 2 atom stereocenters. The van der Waals surface area contributed by atoms with Crippen molar-refractivity contribution in [3.05, 3.63) is 29.8 Å². The summed E-state index contributed by atoms with van der Waals surface area (Å²) in [6, 6.07) is 7.91. The Morgan fingerprint density at radius 2 is 1.95 bits per heavy atom. The number of carbonyl (C=O) groups is 1. The van der Waals surface area contributed by atoms with Crippen LogP contribution in [0.15, 0.2) is 24.3 Å². The first-order valence-electron chi connectivity index (χ1n) is 8.00. The van der Waals surface area contributed by atoms with Crippen molar-refractivity contribution in [3.63, 3.8) is 0 Å². The molecular formula is C18H27NO3. The number of amides is 1. The third kappa shape index (κ3) is 3.43. The molecule has 1 saturated carbocycles. The van der Waals surface area contributed by atoms with Gasteiger partial charge in [0.1, 0.15) is 5.75 Å². The maximum Gasteiger partial charge on any atom is 0.220 e. The Morgan fingerprint density at radius 3 is 2.50 bits per heavy atom. The zero-order valence-corrected chi connectivity index (χ0v) is 14.0. The molecule has 0 radical (unpaired) electrons. The molecule has 4 nitrogen and oxygen atoms in total.